The van der Waals surface area contributed by atoms with Crippen LogP contribution in [0.15, 0.2) is 40.2 Å². The lowest BCUT2D eigenvalue weighted by Crippen LogP contribution is -2.40. The molecule has 1 heterocycles. The number of hydrogen-bond donors (Lipinski definition) is 1. The first kappa shape index (κ1) is 18.9. The van der Waals surface area contributed by atoms with Crippen LogP contribution >= 0.6 is 27.3 Å². The van der Waals surface area contributed by atoms with Gasteiger partial charge in [-0.3, -0.25) is 9.59 Å². The molecule has 0 spiro atoms. The molecule has 138 valence electrons. The molecule has 3 rings (SSSR count). The zero-order valence-electron chi connectivity index (χ0n) is 14.7. The second kappa shape index (κ2) is 8.22. The number of halogens is 1. The lowest BCUT2D eigenvalue weighted by molar-refractivity contribution is -0.122. The van der Waals surface area contributed by atoms with E-state index in [0.717, 1.165) is 27.9 Å². The Hall–Kier alpha value is -1.86. The summed E-state index contributed by atoms with van der Waals surface area (Å²) in [5.74, 6) is 0.955. The maximum atomic E-state index is 12.5. The lowest BCUT2D eigenvalue weighted by atomic mass is 10.0. The number of ether oxygens (including phenoxy) is 1. The van der Waals surface area contributed by atoms with Crippen molar-refractivity contribution < 1.29 is 14.3 Å². The molecule has 7 heteroatoms. The Morgan fingerprint density at radius 2 is 1.96 bits per heavy atom. The molecule has 1 aromatic heterocycles. The van der Waals surface area contributed by atoms with Crippen molar-refractivity contribution in [2.24, 2.45) is 5.92 Å². The van der Waals surface area contributed by atoms with E-state index in [2.05, 4.69) is 21.2 Å². The monoisotopic (exact) mass is 436 g/mol. The molecular formula is C19H21BrN2O3S. The summed E-state index contributed by atoms with van der Waals surface area (Å²) in [6, 6.07) is 11.4. The highest BCUT2D eigenvalue weighted by Gasteiger charge is 2.33. The molecule has 0 bridgehead atoms. The molecule has 1 aliphatic rings. The number of carbonyl (C=O) groups excluding carboxylic acids is 2. The van der Waals surface area contributed by atoms with Gasteiger partial charge in [-0.1, -0.05) is 12.1 Å². The first-order valence-electron chi connectivity index (χ1n) is 8.42. The maximum absolute atomic E-state index is 12.5. The van der Waals surface area contributed by atoms with Gasteiger partial charge >= 0.3 is 0 Å². The highest BCUT2D eigenvalue weighted by Crippen LogP contribution is 2.41. The van der Waals surface area contributed by atoms with Gasteiger partial charge in [0.15, 0.2) is 0 Å². The minimum Gasteiger partial charge on any atom is -0.497 e. The maximum Gasteiger partial charge on any atom is 0.264 e. The van der Waals surface area contributed by atoms with Crippen LogP contribution in [-0.4, -0.2) is 37.4 Å². The van der Waals surface area contributed by atoms with Crippen molar-refractivity contribution in [2.75, 3.05) is 20.7 Å². The summed E-state index contributed by atoms with van der Waals surface area (Å²) in [6.07, 6.45) is 2.21. The van der Waals surface area contributed by atoms with Crippen LogP contribution in [0.5, 0.6) is 5.75 Å². The van der Waals surface area contributed by atoms with Crippen LogP contribution in [0, 0.1) is 5.92 Å². The number of carbonyl (C=O) groups is 2. The van der Waals surface area contributed by atoms with Crippen molar-refractivity contribution in [3.05, 3.63) is 50.6 Å². The lowest BCUT2D eigenvalue weighted by Gasteiger charge is -2.22. The summed E-state index contributed by atoms with van der Waals surface area (Å²) < 4.78 is 6.09. The van der Waals surface area contributed by atoms with E-state index in [0.29, 0.717) is 10.8 Å². The van der Waals surface area contributed by atoms with Gasteiger partial charge < -0.3 is 15.0 Å². The molecule has 26 heavy (non-hydrogen) atoms. The van der Waals surface area contributed by atoms with Crippen LogP contribution in [0.1, 0.15) is 34.1 Å². The van der Waals surface area contributed by atoms with Gasteiger partial charge in [0, 0.05) is 7.05 Å². The first-order valence-corrected chi connectivity index (χ1v) is 10.0. The van der Waals surface area contributed by atoms with Gasteiger partial charge in [-0.2, -0.15) is 0 Å². The third-order valence-electron chi connectivity index (χ3n) is 4.40. The van der Waals surface area contributed by atoms with Crippen molar-refractivity contribution in [3.63, 3.8) is 0 Å². The number of likely N-dealkylation sites (N-methyl/N-ethyl adjacent to an activating group) is 1. The fourth-order valence-corrected chi connectivity index (χ4v) is 4.22. The minimum atomic E-state index is -0.150. The van der Waals surface area contributed by atoms with E-state index in [1.165, 1.54) is 16.2 Å². The highest BCUT2D eigenvalue weighted by atomic mass is 79.9. The molecule has 1 atom stereocenters. The van der Waals surface area contributed by atoms with Gasteiger partial charge in [-0.05, 0) is 64.5 Å². The summed E-state index contributed by atoms with van der Waals surface area (Å²) in [6.45, 7) is 0.0354. The number of hydrogen-bond acceptors (Lipinski definition) is 4. The predicted molar refractivity (Wildman–Crippen MR) is 106 cm³/mol. The molecular weight excluding hydrogens is 416 g/mol. The summed E-state index contributed by atoms with van der Waals surface area (Å²) in [5, 5.41) is 3.10. The molecule has 0 aliphatic heterocycles. The number of nitrogens with one attached hydrogen (secondary N) is 1. The Bertz CT molecular complexity index is 786. The minimum absolute atomic E-state index is 0.0206. The van der Waals surface area contributed by atoms with Crippen LogP contribution in [-0.2, 0) is 4.79 Å². The average Bonchev–Trinajstić information content (AvgIpc) is 3.39. The fourth-order valence-electron chi connectivity index (χ4n) is 2.84. The van der Waals surface area contributed by atoms with Crippen LogP contribution in [0.4, 0.5) is 0 Å². The third kappa shape index (κ3) is 4.65. The molecule has 1 saturated carbocycles. The largest absolute Gasteiger partial charge is 0.497 e. The number of amides is 2. The molecule has 1 aliphatic carbocycles. The molecule has 5 nitrogen and oxygen atoms in total. The van der Waals surface area contributed by atoms with E-state index in [4.69, 9.17) is 4.74 Å². The molecule has 1 N–H and O–H groups in total. The number of nitrogens with zero attached hydrogens (tertiary/aromatic N) is 1. The zero-order valence-corrected chi connectivity index (χ0v) is 17.1. The average molecular weight is 437 g/mol. The quantitative estimate of drug-likeness (QED) is 0.716. The van der Waals surface area contributed by atoms with Gasteiger partial charge in [-0.25, -0.2) is 0 Å². The van der Waals surface area contributed by atoms with Crippen molar-refractivity contribution in [1.82, 2.24) is 10.2 Å². The second-order valence-corrected chi connectivity index (χ2v) is 8.88. The molecule has 2 aromatic rings. The zero-order chi connectivity index (χ0) is 18.7. The van der Waals surface area contributed by atoms with Crippen molar-refractivity contribution >= 4 is 39.1 Å². The fraction of sp³-hybridized carbons (Fsp3) is 0.368. The van der Waals surface area contributed by atoms with Crippen LogP contribution < -0.4 is 10.1 Å². The summed E-state index contributed by atoms with van der Waals surface area (Å²) in [5.41, 5.74) is 1.07. The molecule has 0 radical (unpaired) electrons. The second-order valence-electron chi connectivity index (χ2n) is 6.42. The Morgan fingerprint density at radius 3 is 2.50 bits per heavy atom. The topological polar surface area (TPSA) is 58.6 Å². The van der Waals surface area contributed by atoms with Gasteiger partial charge in [-0.15, -0.1) is 11.3 Å². The summed E-state index contributed by atoms with van der Waals surface area (Å²) >= 11 is 4.71. The number of rotatable bonds is 7. The smallest absolute Gasteiger partial charge is 0.264 e. The Balaban J connectivity index is 1.62. The first-order chi connectivity index (χ1) is 12.5. The van der Waals surface area contributed by atoms with E-state index in [1.54, 1.807) is 20.2 Å². The predicted octanol–water partition coefficient (Wildman–Crippen LogP) is 3.86. The van der Waals surface area contributed by atoms with E-state index in [-0.39, 0.29) is 24.4 Å². The van der Waals surface area contributed by atoms with Crippen molar-refractivity contribution in [1.29, 1.82) is 0 Å². The number of benzene rings is 1. The number of thiophene rings is 1. The normalized spacial score (nSPS) is 14.6. The third-order valence-corrected chi connectivity index (χ3v) is 6.01. The summed E-state index contributed by atoms with van der Waals surface area (Å²) in [7, 11) is 3.28. The molecule has 1 unspecified atom stereocenters. The standard InChI is InChI=1S/C19H21BrN2O3S/c1-22(19(24)15-9-10-16(20)26-15)11-17(23)21-18(12-3-4-12)13-5-7-14(25-2)8-6-13/h5-10,12,18H,3-4,11H2,1-2H3,(H,21,23). The van der Waals surface area contributed by atoms with Crippen LogP contribution in [0.25, 0.3) is 0 Å². The Kier molecular flexibility index (Phi) is 5.98. The van der Waals surface area contributed by atoms with Crippen molar-refractivity contribution in [3.8, 4) is 5.75 Å². The van der Waals surface area contributed by atoms with E-state index in [1.807, 2.05) is 30.3 Å². The van der Waals surface area contributed by atoms with Crippen LogP contribution in [0.2, 0.25) is 0 Å². The SMILES string of the molecule is COc1ccc(C(NC(=O)CN(C)C(=O)c2ccc(Br)s2)C2CC2)cc1. The van der Waals surface area contributed by atoms with Gasteiger partial charge in [0.2, 0.25) is 5.91 Å². The molecule has 0 saturated heterocycles. The van der Waals surface area contributed by atoms with E-state index < -0.39 is 0 Å². The van der Waals surface area contributed by atoms with Gasteiger partial charge in [0.1, 0.15) is 5.75 Å². The van der Waals surface area contributed by atoms with Crippen molar-refractivity contribution in [2.45, 2.75) is 18.9 Å². The summed E-state index contributed by atoms with van der Waals surface area (Å²) in [4.78, 5) is 26.9. The number of methoxy groups -OCH3 is 1. The van der Waals surface area contributed by atoms with Gasteiger partial charge in [0.25, 0.3) is 5.91 Å². The van der Waals surface area contributed by atoms with E-state index in [9.17, 15) is 9.59 Å². The van der Waals surface area contributed by atoms with Gasteiger partial charge in [0.05, 0.1) is 28.4 Å². The Labute approximate surface area is 165 Å². The highest BCUT2D eigenvalue weighted by molar-refractivity contribution is 9.11. The Morgan fingerprint density at radius 1 is 1.27 bits per heavy atom. The van der Waals surface area contributed by atoms with Crippen LogP contribution in [0.3, 0.4) is 0 Å². The molecule has 1 aromatic carbocycles. The van der Waals surface area contributed by atoms with E-state index >= 15 is 0 Å². The molecule has 1 fully saturated rings. The molecule has 2 amide bonds.